The number of nitrogens with one attached hydrogen (secondary N) is 3. The summed E-state index contributed by atoms with van der Waals surface area (Å²) in [6.07, 6.45) is 6.71. The van der Waals surface area contributed by atoms with Crippen LogP contribution < -0.4 is 21.1 Å². The fourth-order valence-corrected chi connectivity index (χ4v) is 6.89. The zero-order valence-electron chi connectivity index (χ0n) is 28.2. The number of pyridine rings is 2. The lowest BCUT2D eigenvalue weighted by molar-refractivity contribution is 0.0950. The van der Waals surface area contributed by atoms with Crippen molar-refractivity contribution in [3.63, 3.8) is 0 Å². The highest BCUT2D eigenvalue weighted by Gasteiger charge is 2.27. The van der Waals surface area contributed by atoms with Gasteiger partial charge in [0.25, 0.3) is 11.5 Å². The number of aryl methyl sites for hydroxylation is 2. The number of aromatic nitrogens is 2. The molecule has 0 spiro atoms. The fourth-order valence-electron chi connectivity index (χ4n) is 6.89. The third-order valence-corrected chi connectivity index (χ3v) is 10.0. The van der Waals surface area contributed by atoms with Gasteiger partial charge in [-0.05, 0) is 127 Å². The maximum absolute atomic E-state index is 13.8. The van der Waals surface area contributed by atoms with Crippen molar-refractivity contribution in [1.82, 2.24) is 25.1 Å². The van der Waals surface area contributed by atoms with E-state index >= 15 is 0 Å². The molecule has 1 aliphatic carbocycles. The van der Waals surface area contributed by atoms with Crippen LogP contribution in [-0.4, -0.2) is 85.1 Å². The zero-order chi connectivity index (χ0) is 32.2. The van der Waals surface area contributed by atoms with Crippen molar-refractivity contribution >= 4 is 17.4 Å². The monoisotopic (exact) mass is 613 g/mol. The second-order valence-corrected chi connectivity index (χ2v) is 13.5. The number of amides is 1. The molecule has 5 rings (SSSR count). The number of rotatable bonds is 9. The van der Waals surface area contributed by atoms with E-state index < -0.39 is 0 Å². The molecule has 3 aromatic rings. The lowest BCUT2D eigenvalue weighted by atomic mass is 9.81. The molecule has 9 nitrogen and oxygen atoms in total. The highest BCUT2D eigenvalue weighted by atomic mass is 16.1. The number of benzene rings is 1. The van der Waals surface area contributed by atoms with Crippen LogP contribution in [0.3, 0.4) is 0 Å². The molecule has 1 aromatic carbocycles. The predicted molar refractivity (Wildman–Crippen MR) is 184 cm³/mol. The number of nitrogens with zero attached hydrogens (tertiary/aromatic N) is 4. The normalized spacial score (nSPS) is 19.9. The molecule has 242 valence electrons. The number of H-pyrrole nitrogens is 1. The first-order valence-corrected chi connectivity index (χ1v) is 16.4. The number of hydrogen-bond acceptors (Lipinski definition) is 7. The Kier molecular flexibility index (Phi) is 10.3. The Bertz CT molecular complexity index is 1530. The van der Waals surface area contributed by atoms with Crippen LogP contribution in [0.4, 0.5) is 11.5 Å². The van der Waals surface area contributed by atoms with Gasteiger partial charge in [-0.2, -0.15) is 0 Å². The summed E-state index contributed by atoms with van der Waals surface area (Å²) >= 11 is 0. The summed E-state index contributed by atoms with van der Waals surface area (Å²) in [5.74, 6) is 1.36. The van der Waals surface area contributed by atoms with Gasteiger partial charge >= 0.3 is 0 Å². The second-order valence-electron chi connectivity index (χ2n) is 13.5. The maximum Gasteiger partial charge on any atom is 0.253 e. The second kappa shape index (κ2) is 14.2. The van der Waals surface area contributed by atoms with Crippen molar-refractivity contribution in [2.24, 2.45) is 5.92 Å². The van der Waals surface area contributed by atoms with E-state index in [-0.39, 0.29) is 24.1 Å². The zero-order valence-corrected chi connectivity index (χ0v) is 28.2. The van der Waals surface area contributed by atoms with Crippen LogP contribution in [0, 0.1) is 26.7 Å². The predicted octanol–water partition coefficient (Wildman–Crippen LogP) is 4.96. The lowest BCUT2D eigenvalue weighted by Crippen LogP contribution is -2.44. The molecule has 3 heterocycles. The van der Waals surface area contributed by atoms with Crippen LogP contribution in [-0.2, 0) is 6.54 Å². The maximum atomic E-state index is 13.8. The molecule has 9 heteroatoms. The molecule has 2 aromatic heterocycles. The molecular weight excluding hydrogens is 562 g/mol. The molecule has 1 atom stereocenters. The first-order chi connectivity index (χ1) is 21.5. The van der Waals surface area contributed by atoms with E-state index in [0.29, 0.717) is 23.1 Å². The molecule has 2 aliphatic rings. The van der Waals surface area contributed by atoms with E-state index in [0.717, 1.165) is 65.6 Å². The van der Waals surface area contributed by atoms with Crippen molar-refractivity contribution in [1.29, 1.82) is 0 Å². The molecule has 1 saturated heterocycles. The summed E-state index contributed by atoms with van der Waals surface area (Å²) in [6, 6.07) is 11.2. The molecule has 1 aliphatic heterocycles. The summed E-state index contributed by atoms with van der Waals surface area (Å²) in [4.78, 5) is 41.1. The molecule has 0 radical (unpaired) electrons. The van der Waals surface area contributed by atoms with Crippen LogP contribution in [0.25, 0.3) is 11.1 Å². The van der Waals surface area contributed by atoms with Crippen LogP contribution in [0.2, 0.25) is 0 Å². The Hall–Kier alpha value is -3.69. The van der Waals surface area contributed by atoms with Crippen molar-refractivity contribution in [2.45, 2.75) is 72.0 Å². The molecule has 2 fully saturated rings. The molecule has 1 saturated carbocycles. The number of anilines is 2. The minimum absolute atomic E-state index is 0.162. The van der Waals surface area contributed by atoms with Crippen molar-refractivity contribution in [3.8, 4) is 11.1 Å². The Morgan fingerprint density at radius 2 is 1.73 bits per heavy atom. The first kappa shape index (κ1) is 32.7. The topological polar surface area (TPSA) is 96.6 Å². The lowest BCUT2D eigenvalue weighted by Gasteiger charge is -2.36. The van der Waals surface area contributed by atoms with Gasteiger partial charge in [0.2, 0.25) is 0 Å². The molecule has 0 bridgehead atoms. The van der Waals surface area contributed by atoms with Gasteiger partial charge in [0.05, 0.1) is 0 Å². The Morgan fingerprint density at radius 3 is 2.36 bits per heavy atom. The van der Waals surface area contributed by atoms with Gasteiger partial charge in [-0.15, -0.1) is 0 Å². The summed E-state index contributed by atoms with van der Waals surface area (Å²) in [6.45, 7) is 12.2. The standard InChI is InChI=1S/C36H51N7O2/c1-23-18-24(2)39-36(45)32(23)22-38-35(44)31-19-29(28-10-13-34(37-21-28)43-16-14-42(7)15-17-43)20-33(25(31)3)40-26(4)27-8-11-30(12-9-27)41(5)6/h10,13,18-21,26-27,30,40H,8-9,11-12,14-17,22H2,1-7H3,(H,38,44)(H,39,45). The van der Waals surface area contributed by atoms with Crippen molar-refractivity contribution in [3.05, 3.63) is 74.8 Å². The SMILES string of the molecule is Cc1cc(C)c(CNC(=O)c2cc(-c3ccc(N4CCN(C)CC4)nc3)cc(NC(C)C3CCC(N(C)C)CC3)c2C)c(=O)[nH]1. The summed E-state index contributed by atoms with van der Waals surface area (Å²) in [5, 5.41) is 6.85. The third-order valence-electron chi connectivity index (χ3n) is 10.0. The molecule has 45 heavy (non-hydrogen) atoms. The highest BCUT2D eigenvalue weighted by Crippen LogP contribution is 2.34. The van der Waals surface area contributed by atoms with Gasteiger partial charge in [-0.25, -0.2) is 4.98 Å². The van der Waals surface area contributed by atoms with Crippen LogP contribution in [0.1, 0.15) is 65.3 Å². The Labute approximate surface area is 268 Å². The van der Waals surface area contributed by atoms with Crippen molar-refractivity contribution in [2.75, 3.05) is 57.5 Å². The number of carbonyl (C=O) groups excluding carboxylic acids is 1. The number of aromatic amines is 1. The van der Waals surface area contributed by atoms with E-state index in [1.165, 1.54) is 25.7 Å². The Balaban J connectivity index is 1.41. The number of piperazine rings is 1. The summed E-state index contributed by atoms with van der Waals surface area (Å²) in [5.41, 5.74) is 6.47. The number of likely N-dealkylation sites (N-methyl/N-ethyl adjacent to an activating group) is 1. The van der Waals surface area contributed by atoms with Gasteiger partial charge in [0, 0.05) is 79.1 Å². The Morgan fingerprint density at radius 1 is 1.02 bits per heavy atom. The van der Waals surface area contributed by atoms with E-state index in [4.69, 9.17) is 4.98 Å². The van der Waals surface area contributed by atoms with Gasteiger partial charge in [0.1, 0.15) is 5.82 Å². The minimum atomic E-state index is -0.196. The smallest absolute Gasteiger partial charge is 0.253 e. The highest BCUT2D eigenvalue weighted by molar-refractivity contribution is 5.98. The van der Waals surface area contributed by atoms with E-state index in [2.05, 4.69) is 76.6 Å². The quantitative estimate of drug-likeness (QED) is 0.314. The molecule has 1 unspecified atom stereocenters. The van der Waals surface area contributed by atoms with Crippen LogP contribution >= 0.6 is 0 Å². The van der Waals surface area contributed by atoms with Gasteiger partial charge in [-0.1, -0.05) is 0 Å². The average molecular weight is 614 g/mol. The van der Waals surface area contributed by atoms with Gasteiger partial charge < -0.3 is 30.3 Å². The van der Waals surface area contributed by atoms with Crippen LogP contribution in [0.15, 0.2) is 41.3 Å². The first-order valence-electron chi connectivity index (χ1n) is 16.4. The molecular formula is C36H51N7O2. The number of hydrogen-bond donors (Lipinski definition) is 3. The van der Waals surface area contributed by atoms with Crippen LogP contribution in [0.5, 0.6) is 0 Å². The molecule has 1 amide bonds. The van der Waals surface area contributed by atoms with E-state index in [9.17, 15) is 9.59 Å². The number of carbonyl (C=O) groups is 1. The van der Waals surface area contributed by atoms with E-state index in [1.54, 1.807) is 0 Å². The summed E-state index contributed by atoms with van der Waals surface area (Å²) in [7, 11) is 6.51. The van der Waals surface area contributed by atoms with Gasteiger partial charge in [0.15, 0.2) is 0 Å². The largest absolute Gasteiger partial charge is 0.382 e. The van der Waals surface area contributed by atoms with Gasteiger partial charge in [-0.3, -0.25) is 9.59 Å². The molecule has 3 N–H and O–H groups in total. The van der Waals surface area contributed by atoms with Crippen molar-refractivity contribution < 1.29 is 4.79 Å². The fraction of sp³-hybridized carbons (Fsp3) is 0.528. The summed E-state index contributed by atoms with van der Waals surface area (Å²) < 4.78 is 0. The third kappa shape index (κ3) is 7.76. The minimum Gasteiger partial charge on any atom is -0.382 e. The average Bonchev–Trinajstić information content (AvgIpc) is 3.02. The van der Waals surface area contributed by atoms with E-state index in [1.807, 2.05) is 39.1 Å².